The number of hydrogen-bond acceptors (Lipinski definition) is 6. The minimum atomic E-state index is -1.33. The SMILES string of the molecule is CC(C)(C)OC(=O)NC(C[C@H]1Oc2ccncc2NC1=O)C(=O)O. The van der Waals surface area contributed by atoms with Crippen LogP contribution < -0.4 is 15.4 Å². The Balaban J connectivity index is 2.04. The number of carbonyl (C=O) groups excluding carboxylic acids is 2. The second-order valence-corrected chi connectivity index (χ2v) is 6.24. The van der Waals surface area contributed by atoms with Gasteiger partial charge in [-0.1, -0.05) is 0 Å². The molecule has 2 amide bonds. The summed E-state index contributed by atoms with van der Waals surface area (Å²) in [5.41, 5.74) is -0.358. The third-order valence-corrected chi connectivity index (χ3v) is 3.04. The number of pyridine rings is 1. The van der Waals surface area contributed by atoms with Crippen molar-refractivity contribution in [3.63, 3.8) is 0 Å². The number of fused-ring (bicyclic) bond motifs is 1. The van der Waals surface area contributed by atoms with E-state index in [0.29, 0.717) is 11.4 Å². The first-order valence-corrected chi connectivity index (χ1v) is 7.29. The summed E-state index contributed by atoms with van der Waals surface area (Å²) in [6, 6.07) is 0.220. The first-order chi connectivity index (χ1) is 11.2. The zero-order valence-corrected chi connectivity index (χ0v) is 13.5. The summed E-state index contributed by atoms with van der Waals surface area (Å²) in [5.74, 6) is -1.42. The molecular weight excluding hydrogens is 318 g/mol. The maximum Gasteiger partial charge on any atom is 0.408 e. The van der Waals surface area contributed by atoms with Crippen LogP contribution >= 0.6 is 0 Å². The molecule has 130 valence electrons. The maximum absolute atomic E-state index is 12.0. The summed E-state index contributed by atoms with van der Waals surface area (Å²) in [7, 11) is 0. The normalized spacial score (nSPS) is 17.8. The standard InChI is InChI=1S/C15H19N3O6/c1-15(2,3)24-14(22)18-8(13(20)21)6-11-12(19)17-9-7-16-5-4-10(9)23-11/h4-5,7-8,11H,6H2,1-3H3,(H,17,19)(H,18,22)(H,20,21)/t8?,11-/m1/s1. The smallest absolute Gasteiger partial charge is 0.408 e. The molecule has 0 saturated carbocycles. The third-order valence-electron chi connectivity index (χ3n) is 3.04. The Labute approximate surface area is 138 Å². The van der Waals surface area contributed by atoms with Gasteiger partial charge in [0.2, 0.25) is 0 Å². The monoisotopic (exact) mass is 337 g/mol. The van der Waals surface area contributed by atoms with Crippen LogP contribution in [0.5, 0.6) is 5.75 Å². The van der Waals surface area contributed by atoms with E-state index in [1.165, 1.54) is 12.4 Å². The van der Waals surface area contributed by atoms with Gasteiger partial charge in [0.05, 0.1) is 6.20 Å². The summed E-state index contributed by atoms with van der Waals surface area (Å²) < 4.78 is 10.5. The Kier molecular flexibility index (Phi) is 4.91. The lowest BCUT2D eigenvalue weighted by Crippen LogP contribution is -2.48. The molecule has 0 saturated heterocycles. The lowest BCUT2D eigenvalue weighted by atomic mass is 10.1. The fourth-order valence-electron chi connectivity index (χ4n) is 2.04. The van der Waals surface area contributed by atoms with E-state index in [1.807, 2.05) is 0 Å². The molecule has 3 N–H and O–H groups in total. The first kappa shape index (κ1) is 17.5. The molecule has 9 heteroatoms. The first-order valence-electron chi connectivity index (χ1n) is 7.29. The molecule has 9 nitrogen and oxygen atoms in total. The fourth-order valence-corrected chi connectivity index (χ4v) is 2.04. The van der Waals surface area contributed by atoms with E-state index in [2.05, 4.69) is 15.6 Å². The van der Waals surface area contributed by atoms with Crippen LogP contribution in [0.2, 0.25) is 0 Å². The molecule has 0 radical (unpaired) electrons. The predicted octanol–water partition coefficient (Wildman–Crippen LogP) is 1.15. The fraction of sp³-hybridized carbons (Fsp3) is 0.467. The number of aromatic nitrogens is 1. The van der Waals surface area contributed by atoms with Crippen molar-refractivity contribution in [1.29, 1.82) is 0 Å². The highest BCUT2D eigenvalue weighted by Crippen LogP contribution is 2.29. The number of ether oxygens (including phenoxy) is 2. The number of carboxylic acid groups (broad SMARTS) is 1. The number of nitrogens with zero attached hydrogens (tertiary/aromatic N) is 1. The second-order valence-electron chi connectivity index (χ2n) is 6.24. The van der Waals surface area contributed by atoms with Gasteiger partial charge in [-0.15, -0.1) is 0 Å². The van der Waals surface area contributed by atoms with Gasteiger partial charge < -0.3 is 25.2 Å². The summed E-state index contributed by atoms with van der Waals surface area (Å²) in [5, 5.41) is 14.1. The molecule has 2 heterocycles. The van der Waals surface area contributed by atoms with Gasteiger partial charge in [0.1, 0.15) is 23.1 Å². The average molecular weight is 337 g/mol. The quantitative estimate of drug-likeness (QED) is 0.752. The van der Waals surface area contributed by atoms with E-state index < -0.39 is 35.7 Å². The van der Waals surface area contributed by atoms with E-state index >= 15 is 0 Å². The van der Waals surface area contributed by atoms with Crippen molar-refractivity contribution in [1.82, 2.24) is 10.3 Å². The molecule has 0 spiro atoms. The zero-order valence-electron chi connectivity index (χ0n) is 13.5. The number of carbonyl (C=O) groups is 3. The van der Waals surface area contributed by atoms with Crippen molar-refractivity contribution < 1.29 is 29.0 Å². The Bertz CT molecular complexity index is 655. The topological polar surface area (TPSA) is 127 Å². The highest BCUT2D eigenvalue weighted by atomic mass is 16.6. The number of amides is 2. The van der Waals surface area contributed by atoms with Crippen LogP contribution in [0.25, 0.3) is 0 Å². The van der Waals surface area contributed by atoms with Crippen LogP contribution in [0.15, 0.2) is 18.5 Å². The van der Waals surface area contributed by atoms with Gasteiger partial charge in [-0.2, -0.15) is 0 Å². The molecule has 24 heavy (non-hydrogen) atoms. The van der Waals surface area contributed by atoms with Gasteiger partial charge in [-0.25, -0.2) is 9.59 Å². The minimum absolute atomic E-state index is 0.248. The maximum atomic E-state index is 12.0. The average Bonchev–Trinajstić information content (AvgIpc) is 2.45. The Hall–Kier alpha value is -2.84. The largest absolute Gasteiger partial charge is 0.480 e. The molecule has 1 aliphatic heterocycles. The molecule has 0 aliphatic carbocycles. The molecule has 2 atom stereocenters. The van der Waals surface area contributed by atoms with Crippen LogP contribution in [0.1, 0.15) is 27.2 Å². The van der Waals surface area contributed by atoms with Crippen molar-refractivity contribution in [3.8, 4) is 5.75 Å². The van der Waals surface area contributed by atoms with Gasteiger partial charge in [-0.05, 0) is 20.8 Å². The van der Waals surface area contributed by atoms with Gasteiger partial charge in [0, 0.05) is 18.7 Å². The van der Waals surface area contributed by atoms with Crippen molar-refractivity contribution in [2.24, 2.45) is 0 Å². The molecule has 1 aromatic heterocycles. The predicted molar refractivity (Wildman–Crippen MR) is 82.7 cm³/mol. The Morgan fingerprint density at radius 3 is 2.83 bits per heavy atom. The van der Waals surface area contributed by atoms with E-state index in [1.54, 1.807) is 26.8 Å². The third kappa shape index (κ3) is 4.58. The molecule has 1 aliphatic rings. The van der Waals surface area contributed by atoms with Crippen molar-refractivity contribution in [2.75, 3.05) is 5.32 Å². The van der Waals surface area contributed by atoms with Crippen LogP contribution in [0.4, 0.5) is 10.5 Å². The number of alkyl carbamates (subject to hydrolysis) is 1. The van der Waals surface area contributed by atoms with Gasteiger partial charge in [-0.3, -0.25) is 9.78 Å². The van der Waals surface area contributed by atoms with Crippen LogP contribution in [0, 0.1) is 0 Å². The number of carboxylic acids is 1. The highest BCUT2D eigenvalue weighted by Gasteiger charge is 2.34. The minimum Gasteiger partial charge on any atom is -0.480 e. The Morgan fingerprint density at radius 1 is 1.50 bits per heavy atom. The number of nitrogens with one attached hydrogen (secondary N) is 2. The number of aliphatic carboxylic acids is 1. The summed E-state index contributed by atoms with van der Waals surface area (Å²) >= 11 is 0. The molecule has 0 aromatic carbocycles. The van der Waals surface area contributed by atoms with Crippen LogP contribution in [-0.4, -0.2) is 45.8 Å². The van der Waals surface area contributed by atoms with Crippen LogP contribution in [-0.2, 0) is 14.3 Å². The zero-order chi connectivity index (χ0) is 17.9. The summed E-state index contributed by atoms with van der Waals surface area (Å²) in [4.78, 5) is 39.0. The van der Waals surface area contributed by atoms with Crippen molar-refractivity contribution in [3.05, 3.63) is 18.5 Å². The molecule has 0 fully saturated rings. The lowest BCUT2D eigenvalue weighted by Gasteiger charge is -2.28. The molecule has 1 aromatic rings. The lowest BCUT2D eigenvalue weighted by molar-refractivity contribution is -0.140. The van der Waals surface area contributed by atoms with Gasteiger partial charge in [0.25, 0.3) is 5.91 Å². The summed E-state index contributed by atoms with van der Waals surface area (Å²) in [6.45, 7) is 4.97. The molecular formula is C15H19N3O6. The van der Waals surface area contributed by atoms with E-state index in [4.69, 9.17) is 9.47 Å². The van der Waals surface area contributed by atoms with E-state index in [9.17, 15) is 19.5 Å². The van der Waals surface area contributed by atoms with E-state index in [0.717, 1.165) is 0 Å². The van der Waals surface area contributed by atoms with Crippen LogP contribution in [0.3, 0.4) is 0 Å². The Morgan fingerprint density at radius 2 is 2.21 bits per heavy atom. The van der Waals surface area contributed by atoms with E-state index in [-0.39, 0.29) is 6.42 Å². The number of rotatable bonds is 4. The summed E-state index contributed by atoms with van der Waals surface area (Å²) in [6.07, 6.45) is 0.729. The second kappa shape index (κ2) is 6.73. The van der Waals surface area contributed by atoms with Gasteiger partial charge >= 0.3 is 12.1 Å². The number of hydrogen-bond donors (Lipinski definition) is 3. The molecule has 1 unspecified atom stereocenters. The van der Waals surface area contributed by atoms with Crippen molar-refractivity contribution in [2.45, 2.75) is 44.9 Å². The molecule has 0 bridgehead atoms. The van der Waals surface area contributed by atoms with Crippen molar-refractivity contribution >= 4 is 23.7 Å². The molecule has 2 rings (SSSR count). The number of anilines is 1. The van der Waals surface area contributed by atoms with Gasteiger partial charge in [0.15, 0.2) is 6.10 Å². The highest BCUT2D eigenvalue weighted by molar-refractivity contribution is 5.98.